The quantitative estimate of drug-likeness (QED) is 0.830. The molecule has 2 nitrogen and oxygen atoms in total. The van der Waals surface area contributed by atoms with Gasteiger partial charge in [-0.1, -0.05) is 56.5 Å². The van der Waals surface area contributed by atoms with Crippen molar-refractivity contribution in [3.05, 3.63) is 53.6 Å². The topological polar surface area (TPSA) is 35.2 Å². The molecule has 2 bridgehead atoms. The molecule has 0 aromatic heterocycles. The number of fused-ring (bicyclic) bond motifs is 4. The molecule has 1 fully saturated rings. The van der Waals surface area contributed by atoms with Crippen LogP contribution in [-0.4, -0.2) is 13.2 Å². The van der Waals surface area contributed by atoms with E-state index < -0.39 is 0 Å². The highest BCUT2D eigenvalue weighted by Gasteiger charge is 2.44. The van der Waals surface area contributed by atoms with Crippen molar-refractivity contribution in [1.82, 2.24) is 0 Å². The first-order valence-corrected chi connectivity index (χ1v) is 9.66. The number of hydrogen-bond donors (Lipinski definition) is 1. The Morgan fingerprint density at radius 3 is 2.64 bits per heavy atom. The zero-order valence-electron chi connectivity index (χ0n) is 15.4. The van der Waals surface area contributed by atoms with E-state index in [2.05, 4.69) is 49.4 Å². The van der Waals surface area contributed by atoms with E-state index in [-0.39, 0.29) is 11.5 Å². The maximum Gasteiger partial charge on any atom is 0.119 e. The molecule has 0 amide bonds. The van der Waals surface area contributed by atoms with Gasteiger partial charge in [-0.3, -0.25) is 0 Å². The van der Waals surface area contributed by atoms with Gasteiger partial charge in [0.15, 0.2) is 0 Å². The average Bonchev–Trinajstić information content (AvgIpc) is 2.65. The molecular weight excluding hydrogens is 306 g/mol. The van der Waals surface area contributed by atoms with Crippen molar-refractivity contribution in [3.8, 4) is 16.9 Å². The van der Waals surface area contributed by atoms with Gasteiger partial charge in [0.2, 0.25) is 0 Å². The molecule has 1 saturated carbocycles. The van der Waals surface area contributed by atoms with Crippen LogP contribution in [0.25, 0.3) is 11.1 Å². The summed E-state index contributed by atoms with van der Waals surface area (Å²) in [5, 5.41) is 0. The fourth-order valence-corrected chi connectivity index (χ4v) is 5.12. The first-order chi connectivity index (χ1) is 12.1. The highest BCUT2D eigenvalue weighted by molar-refractivity contribution is 5.72. The number of nitrogens with two attached hydrogens (primary N) is 1. The van der Waals surface area contributed by atoms with E-state index in [0.29, 0.717) is 5.92 Å². The Morgan fingerprint density at radius 2 is 1.88 bits per heavy atom. The van der Waals surface area contributed by atoms with Crippen LogP contribution in [0.4, 0.5) is 0 Å². The molecule has 3 unspecified atom stereocenters. The summed E-state index contributed by atoms with van der Waals surface area (Å²) in [6.45, 7) is 2.39. The summed E-state index contributed by atoms with van der Waals surface area (Å²) in [4.78, 5) is 0. The van der Waals surface area contributed by atoms with Gasteiger partial charge in [0, 0.05) is 11.5 Å². The molecule has 2 aromatic rings. The second-order valence-corrected chi connectivity index (χ2v) is 8.07. The van der Waals surface area contributed by atoms with Crippen molar-refractivity contribution < 1.29 is 4.74 Å². The van der Waals surface area contributed by atoms with Gasteiger partial charge in [-0.05, 0) is 59.6 Å². The summed E-state index contributed by atoms with van der Waals surface area (Å²) in [6, 6.07) is 15.5. The third-order valence-electron chi connectivity index (χ3n) is 6.64. The zero-order valence-corrected chi connectivity index (χ0v) is 15.4. The van der Waals surface area contributed by atoms with Crippen molar-refractivity contribution in [2.45, 2.75) is 56.9 Å². The minimum atomic E-state index is 0.0523. The van der Waals surface area contributed by atoms with Crippen LogP contribution in [0.15, 0.2) is 42.5 Å². The van der Waals surface area contributed by atoms with E-state index in [1.807, 2.05) is 0 Å². The minimum absolute atomic E-state index is 0.0523. The summed E-state index contributed by atoms with van der Waals surface area (Å²) >= 11 is 0. The summed E-state index contributed by atoms with van der Waals surface area (Å²) in [7, 11) is 1.77. The average molecular weight is 335 g/mol. The van der Waals surface area contributed by atoms with E-state index in [1.54, 1.807) is 7.11 Å². The lowest BCUT2D eigenvalue weighted by Crippen LogP contribution is -2.53. The summed E-state index contributed by atoms with van der Waals surface area (Å²) in [6.07, 6.45) is 7.47. The highest BCUT2D eigenvalue weighted by atomic mass is 16.5. The molecule has 0 aliphatic heterocycles. The Kier molecular flexibility index (Phi) is 4.33. The molecule has 2 heteroatoms. The fourth-order valence-electron chi connectivity index (χ4n) is 5.12. The molecule has 25 heavy (non-hydrogen) atoms. The minimum Gasteiger partial charge on any atom is -0.497 e. The molecule has 2 aliphatic rings. The Hall–Kier alpha value is -1.80. The van der Waals surface area contributed by atoms with Crippen LogP contribution in [0, 0.1) is 5.92 Å². The number of hydrogen-bond acceptors (Lipinski definition) is 2. The number of benzene rings is 2. The fraction of sp³-hybridized carbons (Fsp3) is 0.478. The van der Waals surface area contributed by atoms with Gasteiger partial charge in [0.25, 0.3) is 0 Å². The van der Waals surface area contributed by atoms with Crippen molar-refractivity contribution >= 4 is 0 Å². The van der Waals surface area contributed by atoms with Crippen LogP contribution in [0.2, 0.25) is 0 Å². The number of rotatable bonds is 2. The predicted octanol–water partition coefficient (Wildman–Crippen LogP) is 5.08. The number of methoxy groups -OCH3 is 1. The lowest BCUT2D eigenvalue weighted by Gasteiger charge is -2.48. The summed E-state index contributed by atoms with van der Waals surface area (Å²) in [5.74, 6) is 1.54. The zero-order chi connectivity index (χ0) is 17.4. The van der Waals surface area contributed by atoms with Gasteiger partial charge < -0.3 is 10.5 Å². The van der Waals surface area contributed by atoms with Gasteiger partial charge in [-0.25, -0.2) is 0 Å². The first-order valence-electron chi connectivity index (χ1n) is 9.66. The third-order valence-corrected chi connectivity index (χ3v) is 6.64. The van der Waals surface area contributed by atoms with E-state index in [9.17, 15) is 0 Å². The number of ether oxygens (including phenoxy) is 1. The smallest absolute Gasteiger partial charge is 0.119 e. The van der Waals surface area contributed by atoms with Crippen LogP contribution < -0.4 is 10.5 Å². The van der Waals surface area contributed by atoms with Gasteiger partial charge >= 0.3 is 0 Å². The van der Waals surface area contributed by atoms with E-state index in [1.165, 1.54) is 54.4 Å². The Morgan fingerprint density at radius 1 is 1.08 bits per heavy atom. The molecular formula is C23H29NO. The van der Waals surface area contributed by atoms with Crippen molar-refractivity contribution in [3.63, 3.8) is 0 Å². The Balaban J connectivity index is 1.94. The van der Waals surface area contributed by atoms with Crippen LogP contribution in [0.1, 0.15) is 50.2 Å². The maximum atomic E-state index is 6.84. The van der Waals surface area contributed by atoms with E-state index in [0.717, 1.165) is 12.2 Å². The van der Waals surface area contributed by atoms with Crippen LogP contribution in [-0.2, 0) is 11.8 Å². The monoisotopic (exact) mass is 335 g/mol. The highest BCUT2D eigenvalue weighted by Crippen LogP contribution is 2.49. The third kappa shape index (κ3) is 2.77. The molecule has 132 valence electrons. The van der Waals surface area contributed by atoms with E-state index in [4.69, 9.17) is 10.5 Å². The molecule has 0 spiro atoms. The van der Waals surface area contributed by atoms with Crippen LogP contribution in [0.3, 0.4) is 0 Å². The predicted molar refractivity (Wildman–Crippen MR) is 104 cm³/mol. The van der Waals surface area contributed by atoms with Gasteiger partial charge in [-0.2, -0.15) is 0 Å². The molecule has 2 N–H and O–H groups in total. The maximum absolute atomic E-state index is 6.84. The van der Waals surface area contributed by atoms with Gasteiger partial charge in [0.1, 0.15) is 5.75 Å². The Bertz CT molecular complexity index is 754. The van der Waals surface area contributed by atoms with E-state index >= 15 is 0 Å². The SMILES string of the molecule is COc1cc(-c2ccccc2)c2c(c1)C1(C)CCCCCC(C2)C1N. The van der Waals surface area contributed by atoms with Gasteiger partial charge in [0.05, 0.1) is 7.11 Å². The summed E-state index contributed by atoms with van der Waals surface area (Å²) < 4.78 is 5.68. The molecule has 2 aromatic carbocycles. The molecule has 0 saturated heterocycles. The molecule has 0 radical (unpaired) electrons. The van der Waals surface area contributed by atoms with Crippen molar-refractivity contribution in [2.24, 2.45) is 11.7 Å². The second-order valence-electron chi connectivity index (χ2n) is 8.07. The van der Waals surface area contributed by atoms with Crippen LogP contribution in [0.5, 0.6) is 5.75 Å². The standard InChI is InChI=1S/C23H29NO/c1-23-12-8-4-7-11-17(22(23)24)13-20-19(16-9-5-3-6-10-16)14-18(25-2)15-21(20)23/h3,5-6,9-10,14-15,17,22H,4,7-8,11-13,24H2,1-2H3. The molecule has 0 heterocycles. The lowest BCUT2D eigenvalue weighted by atomic mass is 9.59. The summed E-state index contributed by atoms with van der Waals surface area (Å²) in [5.41, 5.74) is 12.4. The molecule has 2 aliphatic carbocycles. The second kappa shape index (κ2) is 6.49. The van der Waals surface area contributed by atoms with Gasteiger partial charge in [-0.15, -0.1) is 0 Å². The van der Waals surface area contributed by atoms with Crippen LogP contribution >= 0.6 is 0 Å². The normalized spacial score (nSPS) is 28.6. The molecule has 3 atom stereocenters. The van der Waals surface area contributed by atoms with Crippen molar-refractivity contribution in [2.75, 3.05) is 7.11 Å². The Labute approximate surface area is 151 Å². The first kappa shape index (κ1) is 16.7. The van der Waals surface area contributed by atoms with Crippen molar-refractivity contribution in [1.29, 1.82) is 0 Å². The lowest BCUT2D eigenvalue weighted by molar-refractivity contribution is 0.201. The molecule has 4 rings (SSSR count). The largest absolute Gasteiger partial charge is 0.497 e.